The van der Waals surface area contributed by atoms with Crippen molar-refractivity contribution in [3.63, 3.8) is 0 Å². The molecule has 1 aromatic carbocycles. The number of halogens is 2. The zero-order valence-corrected chi connectivity index (χ0v) is 11.8. The summed E-state index contributed by atoms with van der Waals surface area (Å²) in [5, 5.41) is 3.27. The second-order valence-electron chi connectivity index (χ2n) is 6.19. The molecule has 0 amide bonds. The van der Waals surface area contributed by atoms with E-state index in [1.165, 1.54) is 18.2 Å². The highest BCUT2D eigenvalue weighted by molar-refractivity contribution is 5.25. The molecule has 0 saturated carbocycles. The van der Waals surface area contributed by atoms with Gasteiger partial charge in [-0.25, -0.2) is 8.78 Å². The van der Waals surface area contributed by atoms with Crippen LogP contribution < -0.4 is 5.32 Å². The summed E-state index contributed by atoms with van der Waals surface area (Å²) in [6.45, 7) is 9.46. The van der Waals surface area contributed by atoms with Gasteiger partial charge in [-0.2, -0.15) is 0 Å². The highest BCUT2D eigenvalue weighted by Crippen LogP contribution is 2.40. The molecule has 2 nitrogen and oxygen atoms in total. The Kier molecular flexibility index (Phi) is 4.21. The Hall–Kier alpha value is -1.00. The molecule has 106 valence electrons. The van der Waals surface area contributed by atoms with Crippen LogP contribution in [0.1, 0.15) is 32.4 Å². The third-order valence-corrected chi connectivity index (χ3v) is 3.61. The number of nitrogens with one attached hydrogen (secondary N) is 1. The Balaban J connectivity index is 2.43. The van der Waals surface area contributed by atoms with E-state index < -0.39 is 11.6 Å². The molecule has 4 heteroatoms. The van der Waals surface area contributed by atoms with Gasteiger partial charge in [0.15, 0.2) is 0 Å². The highest BCUT2D eigenvalue weighted by Gasteiger charge is 2.36. The van der Waals surface area contributed by atoms with E-state index in [-0.39, 0.29) is 17.0 Å². The molecular weight excluding hydrogens is 246 g/mol. The van der Waals surface area contributed by atoms with Gasteiger partial charge >= 0.3 is 0 Å². The standard InChI is InChI=1S/C15H22F2N2/c1-15(2,3)14(19-9-7-18-8-10-19)13-11(16)5-4-6-12(13)17/h4-6,14,18H,7-10H2,1-3H3/t14-/m1/s1. The molecule has 1 N–H and O–H groups in total. The largest absolute Gasteiger partial charge is 0.314 e. The molecule has 1 saturated heterocycles. The van der Waals surface area contributed by atoms with Crippen LogP contribution in [0.5, 0.6) is 0 Å². The summed E-state index contributed by atoms with van der Waals surface area (Å²) in [7, 11) is 0. The van der Waals surface area contributed by atoms with E-state index in [1.807, 2.05) is 20.8 Å². The quantitative estimate of drug-likeness (QED) is 0.887. The number of rotatable bonds is 2. The van der Waals surface area contributed by atoms with E-state index in [4.69, 9.17) is 0 Å². The minimum absolute atomic E-state index is 0.205. The second-order valence-corrected chi connectivity index (χ2v) is 6.19. The molecule has 0 aliphatic carbocycles. The van der Waals surface area contributed by atoms with Crippen molar-refractivity contribution in [1.29, 1.82) is 0 Å². The Morgan fingerprint density at radius 2 is 1.63 bits per heavy atom. The monoisotopic (exact) mass is 268 g/mol. The van der Waals surface area contributed by atoms with Crippen LogP contribution in [-0.2, 0) is 0 Å². The first kappa shape index (κ1) is 14.4. The summed E-state index contributed by atoms with van der Waals surface area (Å²) in [6, 6.07) is 3.88. The van der Waals surface area contributed by atoms with Crippen LogP contribution in [0.2, 0.25) is 0 Å². The average molecular weight is 268 g/mol. The van der Waals surface area contributed by atoms with Crippen molar-refractivity contribution in [1.82, 2.24) is 10.2 Å². The van der Waals surface area contributed by atoms with Gasteiger partial charge < -0.3 is 5.32 Å². The van der Waals surface area contributed by atoms with Crippen molar-refractivity contribution in [3.8, 4) is 0 Å². The van der Waals surface area contributed by atoms with Crippen molar-refractivity contribution in [2.45, 2.75) is 26.8 Å². The van der Waals surface area contributed by atoms with Crippen molar-refractivity contribution in [3.05, 3.63) is 35.4 Å². The minimum Gasteiger partial charge on any atom is -0.314 e. The van der Waals surface area contributed by atoms with Gasteiger partial charge in [0, 0.05) is 37.8 Å². The maximum atomic E-state index is 14.1. The lowest BCUT2D eigenvalue weighted by Crippen LogP contribution is -2.48. The highest BCUT2D eigenvalue weighted by atomic mass is 19.1. The summed E-state index contributed by atoms with van der Waals surface area (Å²) >= 11 is 0. The molecule has 1 atom stereocenters. The number of nitrogens with zero attached hydrogens (tertiary/aromatic N) is 1. The van der Waals surface area contributed by atoms with Crippen LogP contribution in [0.25, 0.3) is 0 Å². The predicted octanol–water partition coefficient (Wildman–Crippen LogP) is 2.96. The fourth-order valence-electron chi connectivity index (χ4n) is 2.88. The van der Waals surface area contributed by atoms with Gasteiger partial charge in [-0.15, -0.1) is 0 Å². The van der Waals surface area contributed by atoms with Crippen LogP contribution in [0.15, 0.2) is 18.2 Å². The maximum absolute atomic E-state index is 14.1. The second kappa shape index (κ2) is 5.55. The summed E-state index contributed by atoms with van der Waals surface area (Å²) in [6.07, 6.45) is 0. The van der Waals surface area contributed by atoms with Crippen LogP contribution in [0, 0.1) is 17.0 Å². The van der Waals surface area contributed by atoms with Crippen LogP contribution in [0.3, 0.4) is 0 Å². The topological polar surface area (TPSA) is 15.3 Å². The Morgan fingerprint density at radius 1 is 1.11 bits per heavy atom. The molecule has 1 aromatic rings. The molecule has 0 spiro atoms. The molecule has 1 fully saturated rings. The van der Waals surface area contributed by atoms with Crippen molar-refractivity contribution >= 4 is 0 Å². The van der Waals surface area contributed by atoms with E-state index in [0.29, 0.717) is 0 Å². The van der Waals surface area contributed by atoms with Gasteiger partial charge in [-0.1, -0.05) is 26.8 Å². The van der Waals surface area contributed by atoms with Gasteiger partial charge in [0.1, 0.15) is 11.6 Å². The van der Waals surface area contributed by atoms with Crippen LogP contribution in [-0.4, -0.2) is 31.1 Å². The third kappa shape index (κ3) is 3.12. The van der Waals surface area contributed by atoms with Crippen LogP contribution >= 0.6 is 0 Å². The fourth-order valence-corrected chi connectivity index (χ4v) is 2.88. The number of hydrogen-bond acceptors (Lipinski definition) is 2. The number of benzene rings is 1. The van der Waals surface area contributed by atoms with Crippen LogP contribution in [0.4, 0.5) is 8.78 Å². The van der Waals surface area contributed by atoms with E-state index >= 15 is 0 Å². The van der Waals surface area contributed by atoms with Crippen molar-refractivity contribution in [2.24, 2.45) is 5.41 Å². The van der Waals surface area contributed by atoms with Gasteiger partial charge in [0.2, 0.25) is 0 Å². The molecule has 0 radical (unpaired) electrons. The average Bonchev–Trinajstić information content (AvgIpc) is 2.33. The van der Waals surface area contributed by atoms with E-state index in [1.54, 1.807) is 0 Å². The van der Waals surface area contributed by atoms with Gasteiger partial charge in [-0.3, -0.25) is 4.90 Å². The minimum atomic E-state index is -0.446. The number of hydrogen-bond donors (Lipinski definition) is 1. The summed E-state index contributed by atoms with van der Waals surface area (Å²) in [5.74, 6) is -0.892. The summed E-state index contributed by atoms with van der Waals surface area (Å²) in [5.41, 5.74) is -0.0164. The Morgan fingerprint density at radius 3 is 2.11 bits per heavy atom. The lowest BCUT2D eigenvalue weighted by atomic mass is 9.80. The molecule has 19 heavy (non-hydrogen) atoms. The maximum Gasteiger partial charge on any atom is 0.130 e. The first-order chi connectivity index (χ1) is 8.91. The van der Waals surface area contributed by atoms with Crippen molar-refractivity contribution in [2.75, 3.05) is 26.2 Å². The molecule has 2 rings (SSSR count). The molecule has 1 aliphatic rings. The fraction of sp³-hybridized carbons (Fsp3) is 0.600. The molecule has 1 aliphatic heterocycles. The Labute approximate surface area is 113 Å². The third-order valence-electron chi connectivity index (χ3n) is 3.61. The van der Waals surface area contributed by atoms with Gasteiger partial charge in [-0.05, 0) is 17.5 Å². The molecular formula is C15H22F2N2. The lowest BCUT2D eigenvalue weighted by Gasteiger charge is -2.42. The van der Waals surface area contributed by atoms with Gasteiger partial charge in [0.25, 0.3) is 0 Å². The first-order valence-corrected chi connectivity index (χ1v) is 6.80. The van der Waals surface area contributed by atoms with Gasteiger partial charge in [0.05, 0.1) is 0 Å². The number of piperazine rings is 1. The van der Waals surface area contributed by atoms with Crippen molar-refractivity contribution < 1.29 is 8.78 Å². The van der Waals surface area contributed by atoms with E-state index in [0.717, 1.165) is 26.2 Å². The summed E-state index contributed by atoms with van der Waals surface area (Å²) in [4.78, 5) is 2.18. The molecule has 1 heterocycles. The zero-order valence-electron chi connectivity index (χ0n) is 11.8. The molecule has 0 unspecified atom stereocenters. The van der Waals surface area contributed by atoms with E-state index in [2.05, 4.69) is 10.2 Å². The predicted molar refractivity (Wildman–Crippen MR) is 73.0 cm³/mol. The SMILES string of the molecule is CC(C)(C)[C@@H](c1c(F)cccc1F)N1CCNCC1. The molecule has 0 bridgehead atoms. The van der Waals surface area contributed by atoms with E-state index in [9.17, 15) is 8.78 Å². The lowest BCUT2D eigenvalue weighted by molar-refractivity contribution is 0.0804. The normalized spacial score (nSPS) is 19.4. The summed E-state index contributed by atoms with van der Waals surface area (Å²) < 4.78 is 28.2. The smallest absolute Gasteiger partial charge is 0.130 e. The zero-order chi connectivity index (χ0) is 14.0. The Bertz CT molecular complexity index is 414. The first-order valence-electron chi connectivity index (χ1n) is 6.80. The molecule has 0 aromatic heterocycles.